The molecule has 0 spiro atoms. The largest absolute Gasteiger partial charge is 0.419 e. The van der Waals surface area contributed by atoms with Crippen molar-refractivity contribution in [1.82, 2.24) is 4.98 Å². The summed E-state index contributed by atoms with van der Waals surface area (Å²) < 4.78 is 4.21. The molecule has 0 aliphatic carbocycles. The van der Waals surface area contributed by atoms with Gasteiger partial charge < -0.3 is 4.42 Å². The molecule has 62 valence electrons. The van der Waals surface area contributed by atoms with Crippen LogP contribution in [0.4, 0.5) is 0 Å². The number of H-pyrrole nitrogens is 1. The van der Waals surface area contributed by atoms with Gasteiger partial charge in [-0.15, -0.1) is 0 Å². The summed E-state index contributed by atoms with van der Waals surface area (Å²) in [5, 5.41) is 0.445. The van der Waals surface area contributed by atoms with Crippen LogP contribution in [0.15, 0.2) is 26.7 Å². The minimum atomic E-state index is -0.791. The summed E-state index contributed by atoms with van der Waals surface area (Å²) in [4.78, 5) is 23.8. The van der Waals surface area contributed by atoms with Crippen LogP contribution >= 0.6 is 0 Å². The predicted octanol–water partition coefficient (Wildman–Crippen LogP) is -1.30. The molecular formula is C8H7NO3. The molecule has 0 saturated carbocycles. The van der Waals surface area contributed by atoms with Gasteiger partial charge in [0.05, 0.1) is 10.6 Å². The van der Waals surface area contributed by atoms with Crippen LogP contribution in [0.3, 0.4) is 0 Å². The van der Waals surface area contributed by atoms with E-state index in [0.717, 1.165) is 0 Å². The second-order valence-corrected chi connectivity index (χ2v) is 2.10. The summed E-state index contributed by atoms with van der Waals surface area (Å²) in [6.45, 7) is 6.84. The molecule has 0 amide bonds. The third-order valence-electron chi connectivity index (χ3n) is 1.28. The zero-order valence-corrected chi connectivity index (χ0v) is 6.29. The predicted molar refractivity (Wildman–Crippen MR) is 45.0 cm³/mol. The first-order valence-electron chi connectivity index (χ1n) is 3.20. The zero-order valence-electron chi connectivity index (χ0n) is 6.29. The fraction of sp³-hybridized carbons (Fsp3) is 0. The van der Waals surface area contributed by atoms with Gasteiger partial charge in [0.2, 0.25) is 0 Å². The minimum absolute atomic E-state index is 0.120. The zero-order chi connectivity index (χ0) is 9.14. The Morgan fingerprint density at radius 1 is 1.42 bits per heavy atom. The molecular weight excluding hydrogens is 158 g/mol. The number of allylic oxidation sites excluding steroid dienone is 1. The molecule has 1 rings (SSSR count). The van der Waals surface area contributed by atoms with Crippen molar-refractivity contribution >= 4 is 12.7 Å². The Balaban J connectivity index is 3.85. The van der Waals surface area contributed by atoms with Crippen LogP contribution in [0.1, 0.15) is 0 Å². The molecule has 0 atom stereocenters. The smallest absolute Gasteiger partial charge is 0.372 e. The number of hydrogen-bond acceptors (Lipinski definition) is 3. The van der Waals surface area contributed by atoms with Crippen LogP contribution in [0, 0.1) is 0 Å². The summed E-state index contributed by atoms with van der Waals surface area (Å²) in [6, 6.07) is 0. The van der Waals surface area contributed by atoms with Crippen LogP contribution in [0.5, 0.6) is 0 Å². The van der Waals surface area contributed by atoms with E-state index in [1.54, 1.807) is 0 Å². The lowest BCUT2D eigenvalue weighted by Gasteiger charge is -1.84. The second kappa shape index (κ2) is 3.04. The van der Waals surface area contributed by atoms with Crippen LogP contribution in [0.25, 0.3) is 12.7 Å². The molecule has 0 saturated heterocycles. The first-order valence-corrected chi connectivity index (χ1v) is 3.20. The fourth-order valence-corrected chi connectivity index (χ4v) is 0.727. The van der Waals surface area contributed by atoms with E-state index < -0.39 is 11.4 Å². The Morgan fingerprint density at radius 2 is 2.08 bits per heavy atom. The maximum Gasteiger partial charge on any atom is 0.419 e. The molecule has 0 fully saturated rings. The van der Waals surface area contributed by atoms with Gasteiger partial charge in [-0.3, -0.25) is 4.98 Å². The molecule has 1 N–H and O–H groups in total. The van der Waals surface area contributed by atoms with Crippen molar-refractivity contribution < 1.29 is 4.42 Å². The summed E-state index contributed by atoms with van der Waals surface area (Å²) in [7, 11) is 0. The molecule has 4 nitrogen and oxygen atoms in total. The van der Waals surface area contributed by atoms with Gasteiger partial charge in [0.1, 0.15) is 0 Å². The van der Waals surface area contributed by atoms with Gasteiger partial charge >= 0.3 is 11.4 Å². The van der Waals surface area contributed by atoms with E-state index in [2.05, 4.69) is 22.6 Å². The number of aromatic nitrogens is 1. The highest BCUT2D eigenvalue weighted by molar-refractivity contribution is 5.32. The molecule has 12 heavy (non-hydrogen) atoms. The van der Waals surface area contributed by atoms with Gasteiger partial charge in [0.15, 0.2) is 0 Å². The minimum Gasteiger partial charge on any atom is -0.372 e. The number of aromatic amines is 1. The summed E-state index contributed by atoms with van der Waals surface area (Å²) >= 11 is 0. The molecule has 0 radical (unpaired) electrons. The Labute approximate surface area is 67.2 Å². The van der Waals surface area contributed by atoms with E-state index >= 15 is 0 Å². The lowest BCUT2D eigenvalue weighted by molar-refractivity contribution is 0.440. The van der Waals surface area contributed by atoms with E-state index in [9.17, 15) is 9.59 Å². The maximum atomic E-state index is 10.8. The highest BCUT2D eigenvalue weighted by Crippen LogP contribution is 1.57. The average molecular weight is 165 g/mol. The second-order valence-electron chi connectivity index (χ2n) is 2.10. The van der Waals surface area contributed by atoms with Gasteiger partial charge in [0, 0.05) is 0 Å². The van der Waals surface area contributed by atoms with Gasteiger partial charge in [-0.1, -0.05) is 19.2 Å². The SMILES string of the molecule is C=C/C=c1/[nH]c(=O)oc(=O)c1=C. The van der Waals surface area contributed by atoms with Crippen molar-refractivity contribution in [2.24, 2.45) is 0 Å². The van der Waals surface area contributed by atoms with Crippen LogP contribution < -0.4 is 21.9 Å². The van der Waals surface area contributed by atoms with Gasteiger partial charge in [-0.05, 0) is 6.08 Å². The third-order valence-corrected chi connectivity index (χ3v) is 1.28. The molecule has 1 aromatic rings. The lowest BCUT2D eigenvalue weighted by Crippen LogP contribution is -2.44. The molecule has 0 aromatic carbocycles. The number of hydrogen-bond donors (Lipinski definition) is 1. The van der Waals surface area contributed by atoms with Crippen molar-refractivity contribution in [2.75, 3.05) is 0 Å². The maximum absolute atomic E-state index is 10.8. The van der Waals surface area contributed by atoms with Crippen LogP contribution in [-0.2, 0) is 0 Å². The number of rotatable bonds is 1. The normalized spacial score (nSPS) is 11.5. The molecule has 0 unspecified atom stereocenters. The first kappa shape index (κ1) is 8.26. The molecule has 0 aliphatic rings. The summed E-state index contributed by atoms with van der Waals surface area (Å²) in [5.41, 5.74) is -0.730. The standard InChI is InChI=1S/C8H7NO3/c1-3-4-6-5(2)7(10)12-8(11)9-6/h3-4H,1-2H2,(H,9,11)/b6-4+. The molecule has 1 heterocycles. The highest BCUT2D eigenvalue weighted by atomic mass is 16.4. The van der Waals surface area contributed by atoms with Crippen molar-refractivity contribution in [3.63, 3.8) is 0 Å². The number of nitrogens with one attached hydrogen (secondary N) is 1. The van der Waals surface area contributed by atoms with Crippen molar-refractivity contribution in [3.05, 3.63) is 44.2 Å². The molecule has 0 aliphatic heterocycles. The van der Waals surface area contributed by atoms with Crippen molar-refractivity contribution in [1.29, 1.82) is 0 Å². The van der Waals surface area contributed by atoms with E-state index in [4.69, 9.17) is 0 Å². The monoisotopic (exact) mass is 165 g/mol. The topological polar surface area (TPSA) is 63.1 Å². The molecule has 1 aromatic heterocycles. The van der Waals surface area contributed by atoms with Gasteiger partial charge in [-0.2, -0.15) is 0 Å². The lowest BCUT2D eigenvalue weighted by atomic mass is 10.4. The molecule has 4 heteroatoms. The van der Waals surface area contributed by atoms with Gasteiger partial charge in [0.25, 0.3) is 0 Å². The first-order chi connectivity index (χ1) is 5.65. The average Bonchev–Trinajstić information content (AvgIpc) is 2.00. The van der Waals surface area contributed by atoms with Crippen molar-refractivity contribution in [3.8, 4) is 0 Å². The quantitative estimate of drug-likeness (QED) is 0.563. The van der Waals surface area contributed by atoms with E-state index in [1.807, 2.05) is 0 Å². The van der Waals surface area contributed by atoms with E-state index in [0.29, 0.717) is 5.35 Å². The fourth-order valence-electron chi connectivity index (χ4n) is 0.727. The van der Waals surface area contributed by atoms with E-state index in [-0.39, 0.29) is 5.22 Å². The van der Waals surface area contributed by atoms with Crippen LogP contribution in [-0.4, -0.2) is 4.98 Å². The Morgan fingerprint density at radius 3 is 2.67 bits per heavy atom. The molecule has 0 bridgehead atoms. The Bertz CT molecular complexity index is 506. The Kier molecular flexibility index (Phi) is 2.09. The Hall–Kier alpha value is -1.84. The highest BCUT2D eigenvalue weighted by Gasteiger charge is 1.92. The van der Waals surface area contributed by atoms with Gasteiger partial charge in [-0.25, -0.2) is 9.59 Å². The van der Waals surface area contributed by atoms with Crippen molar-refractivity contribution in [2.45, 2.75) is 0 Å². The van der Waals surface area contributed by atoms with E-state index in [1.165, 1.54) is 12.2 Å². The van der Waals surface area contributed by atoms with Crippen LogP contribution in [0.2, 0.25) is 0 Å². The summed E-state index contributed by atoms with van der Waals surface area (Å²) in [5.74, 6) is -0.791. The third kappa shape index (κ3) is 1.42. The summed E-state index contributed by atoms with van der Waals surface area (Å²) in [6.07, 6.45) is 2.92.